The second-order valence-corrected chi connectivity index (χ2v) is 10.2. The first-order valence-corrected chi connectivity index (χ1v) is 13.3. The van der Waals surface area contributed by atoms with Crippen LogP contribution in [0.25, 0.3) is 0 Å². The van der Waals surface area contributed by atoms with Gasteiger partial charge in [0.25, 0.3) is 0 Å². The van der Waals surface area contributed by atoms with Gasteiger partial charge in [0.05, 0.1) is 25.7 Å². The van der Waals surface area contributed by atoms with Crippen molar-refractivity contribution >= 4 is 40.6 Å². The fraction of sp³-hybridized carbons (Fsp3) is 0.333. The maximum Gasteiger partial charge on any atom is 0.318 e. The van der Waals surface area contributed by atoms with Crippen LogP contribution in [0.2, 0.25) is 5.02 Å². The van der Waals surface area contributed by atoms with Gasteiger partial charge in [0.1, 0.15) is 0 Å². The molecule has 3 aromatic carbocycles. The van der Waals surface area contributed by atoms with Crippen molar-refractivity contribution in [2.75, 3.05) is 43.4 Å². The second-order valence-electron chi connectivity index (χ2n) is 9.73. The minimum absolute atomic E-state index is 0.0312. The molecule has 0 saturated carbocycles. The fourth-order valence-electron chi connectivity index (χ4n) is 4.68. The first-order chi connectivity index (χ1) is 18.7. The maximum atomic E-state index is 13.8. The van der Waals surface area contributed by atoms with E-state index >= 15 is 0 Å². The Morgan fingerprint density at radius 1 is 1.10 bits per heavy atom. The lowest BCUT2D eigenvalue weighted by molar-refractivity contribution is -0.118. The lowest BCUT2D eigenvalue weighted by Gasteiger charge is -2.39. The van der Waals surface area contributed by atoms with Crippen LogP contribution in [0.5, 0.6) is 11.5 Å². The van der Waals surface area contributed by atoms with Crippen LogP contribution in [0.15, 0.2) is 54.6 Å². The van der Waals surface area contributed by atoms with Gasteiger partial charge in [0.2, 0.25) is 5.91 Å². The van der Waals surface area contributed by atoms with Gasteiger partial charge in [0.15, 0.2) is 11.5 Å². The van der Waals surface area contributed by atoms with Crippen LogP contribution in [-0.4, -0.2) is 46.3 Å². The second kappa shape index (κ2) is 11.9. The fourth-order valence-corrected chi connectivity index (χ4v) is 4.85. The van der Waals surface area contributed by atoms with E-state index in [0.717, 1.165) is 28.9 Å². The molecule has 39 heavy (non-hydrogen) atoms. The molecule has 0 bridgehead atoms. The predicted octanol–water partition coefficient (Wildman–Crippen LogP) is 6.02. The molecule has 0 fully saturated rings. The van der Waals surface area contributed by atoms with Gasteiger partial charge in [-0.3, -0.25) is 4.79 Å². The third-order valence-electron chi connectivity index (χ3n) is 6.92. The number of benzene rings is 3. The number of nitrogens with one attached hydrogen (secondary N) is 2. The molecule has 206 valence electrons. The van der Waals surface area contributed by atoms with Crippen molar-refractivity contribution < 1.29 is 19.1 Å². The molecule has 2 N–H and O–H groups in total. The van der Waals surface area contributed by atoms with Gasteiger partial charge in [-0.2, -0.15) is 0 Å². The molecule has 3 amide bonds. The molecule has 0 aromatic heterocycles. The number of carbonyl (C=O) groups excluding carboxylic acids is 2. The van der Waals surface area contributed by atoms with Crippen LogP contribution in [0, 0.1) is 0 Å². The number of anilines is 3. The number of fused-ring (bicyclic) bond motifs is 1. The number of urea groups is 1. The third kappa shape index (κ3) is 5.91. The van der Waals surface area contributed by atoms with Crippen molar-refractivity contribution in [1.29, 1.82) is 0 Å². The van der Waals surface area contributed by atoms with Crippen molar-refractivity contribution in [3.8, 4) is 11.5 Å². The molecule has 1 aliphatic heterocycles. The molecule has 3 aromatic rings. The van der Waals surface area contributed by atoms with Crippen molar-refractivity contribution in [2.24, 2.45) is 0 Å². The summed E-state index contributed by atoms with van der Waals surface area (Å²) in [6.45, 7) is 4.06. The highest BCUT2D eigenvalue weighted by Gasteiger charge is 2.37. The van der Waals surface area contributed by atoms with Crippen LogP contribution in [0.3, 0.4) is 0 Å². The number of amides is 3. The monoisotopic (exact) mass is 550 g/mol. The normalized spacial score (nSPS) is 15.3. The van der Waals surface area contributed by atoms with E-state index < -0.39 is 12.1 Å². The number of hydrogen-bond donors (Lipinski definition) is 2. The quantitative estimate of drug-likeness (QED) is 0.358. The molecule has 8 nitrogen and oxygen atoms in total. The van der Waals surface area contributed by atoms with Gasteiger partial charge in [-0.15, -0.1) is 0 Å². The van der Waals surface area contributed by atoms with Crippen molar-refractivity contribution in [1.82, 2.24) is 5.32 Å². The summed E-state index contributed by atoms with van der Waals surface area (Å²) in [6.07, 6.45) is 0.980. The zero-order valence-corrected chi connectivity index (χ0v) is 23.9. The Morgan fingerprint density at radius 2 is 1.82 bits per heavy atom. The lowest BCUT2D eigenvalue weighted by Crippen LogP contribution is -2.41. The van der Waals surface area contributed by atoms with E-state index in [9.17, 15) is 9.59 Å². The molecule has 0 radical (unpaired) electrons. The van der Waals surface area contributed by atoms with E-state index in [1.165, 1.54) is 0 Å². The first-order valence-electron chi connectivity index (χ1n) is 12.9. The minimum atomic E-state index is -0.568. The summed E-state index contributed by atoms with van der Waals surface area (Å²) in [5.41, 5.74) is 4.69. The number of methoxy groups -OCH3 is 1. The molecule has 1 unspecified atom stereocenters. The molecular weight excluding hydrogens is 516 g/mol. The highest BCUT2D eigenvalue weighted by Crippen LogP contribution is 2.46. The van der Waals surface area contributed by atoms with E-state index in [1.54, 1.807) is 31.2 Å². The standard InChI is InChI=1S/C30H35ClN4O4/c1-7-18(2)39-27-17-24-19(14-26(27)38-6)15-28(36)35(22-11-9-21(10-12-22)34(4)5)29(24)23-13-8-20(31)16-25(23)33-30(37)32-3/h8-14,16-18,29H,7,15H2,1-6H3,(H2,32,33,37)/t18-,29?/m1/s1. The summed E-state index contributed by atoms with van der Waals surface area (Å²) in [5, 5.41) is 5.93. The van der Waals surface area contributed by atoms with Gasteiger partial charge in [0, 0.05) is 48.8 Å². The summed E-state index contributed by atoms with van der Waals surface area (Å²) >= 11 is 6.36. The first kappa shape index (κ1) is 28.1. The SMILES string of the molecule is CC[C@@H](C)Oc1cc2c(cc1OC)CC(=O)N(c1ccc(N(C)C)cc1)C2c1ccc(Cl)cc1NC(=O)NC. The average molecular weight is 551 g/mol. The highest BCUT2D eigenvalue weighted by atomic mass is 35.5. The van der Waals surface area contributed by atoms with E-state index in [4.69, 9.17) is 21.1 Å². The van der Waals surface area contributed by atoms with Crippen molar-refractivity contribution in [2.45, 2.75) is 38.8 Å². The molecule has 4 rings (SSSR count). The van der Waals surface area contributed by atoms with Crippen LogP contribution in [0.1, 0.15) is 43.0 Å². The average Bonchev–Trinajstić information content (AvgIpc) is 2.92. The number of hydrogen-bond acceptors (Lipinski definition) is 5. The summed E-state index contributed by atoms with van der Waals surface area (Å²) in [6, 6.07) is 16.0. The number of rotatable bonds is 8. The predicted molar refractivity (Wildman–Crippen MR) is 157 cm³/mol. The van der Waals surface area contributed by atoms with Gasteiger partial charge < -0.3 is 29.9 Å². The number of nitrogens with zero attached hydrogens (tertiary/aromatic N) is 2. The Morgan fingerprint density at radius 3 is 2.44 bits per heavy atom. The van der Waals surface area contributed by atoms with E-state index in [0.29, 0.717) is 27.8 Å². The Balaban J connectivity index is 1.96. The Hall–Kier alpha value is -3.91. The van der Waals surface area contributed by atoms with E-state index in [2.05, 4.69) is 17.6 Å². The summed E-state index contributed by atoms with van der Waals surface area (Å²) in [4.78, 5) is 30.0. The maximum absolute atomic E-state index is 13.8. The van der Waals surface area contributed by atoms with Gasteiger partial charge in [-0.05, 0) is 73.0 Å². The van der Waals surface area contributed by atoms with Crippen LogP contribution < -0.4 is 29.9 Å². The van der Waals surface area contributed by atoms with Crippen LogP contribution in [0.4, 0.5) is 21.9 Å². The summed E-state index contributed by atoms with van der Waals surface area (Å²) in [5.74, 6) is 1.09. The lowest BCUT2D eigenvalue weighted by atomic mass is 9.86. The van der Waals surface area contributed by atoms with Gasteiger partial charge in [-0.1, -0.05) is 24.6 Å². The molecule has 2 atom stereocenters. The van der Waals surface area contributed by atoms with Crippen LogP contribution in [-0.2, 0) is 11.2 Å². The molecule has 1 heterocycles. The zero-order valence-electron chi connectivity index (χ0n) is 23.2. The number of halogens is 1. The Labute approximate surface area is 234 Å². The highest BCUT2D eigenvalue weighted by molar-refractivity contribution is 6.31. The number of carbonyl (C=O) groups is 2. The van der Waals surface area contributed by atoms with Crippen molar-refractivity contribution in [3.63, 3.8) is 0 Å². The number of ether oxygens (including phenoxy) is 2. The third-order valence-corrected chi connectivity index (χ3v) is 7.16. The summed E-state index contributed by atoms with van der Waals surface area (Å²) in [7, 11) is 7.08. The Kier molecular flexibility index (Phi) is 8.55. The van der Waals surface area contributed by atoms with Crippen molar-refractivity contribution in [3.05, 3.63) is 76.3 Å². The molecule has 0 spiro atoms. The smallest absolute Gasteiger partial charge is 0.318 e. The Bertz CT molecular complexity index is 1360. The largest absolute Gasteiger partial charge is 0.493 e. The topological polar surface area (TPSA) is 83.1 Å². The minimum Gasteiger partial charge on any atom is -0.493 e. The summed E-state index contributed by atoms with van der Waals surface area (Å²) < 4.78 is 11.9. The molecule has 1 aliphatic rings. The van der Waals surface area contributed by atoms with E-state index in [-0.39, 0.29) is 18.4 Å². The van der Waals surface area contributed by atoms with E-state index in [1.807, 2.05) is 68.4 Å². The molecule has 9 heteroatoms. The molecule has 0 aliphatic carbocycles. The molecular formula is C30H35ClN4O4. The zero-order chi connectivity index (χ0) is 28.3. The molecule has 0 saturated heterocycles. The van der Waals surface area contributed by atoms with Gasteiger partial charge in [-0.25, -0.2) is 4.79 Å². The van der Waals surface area contributed by atoms with Gasteiger partial charge >= 0.3 is 6.03 Å². The van der Waals surface area contributed by atoms with Crippen LogP contribution >= 0.6 is 11.6 Å².